The molecule has 0 aliphatic rings. The Hall–Kier alpha value is -0.980. The highest BCUT2D eigenvalue weighted by atomic mass is 16.5. The summed E-state index contributed by atoms with van der Waals surface area (Å²) in [5.74, 6) is 0.875. The molecule has 0 bridgehead atoms. The zero-order valence-corrected chi connectivity index (χ0v) is 11.3. The Kier molecular flexibility index (Phi) is 3.37. The van der Waals surface area contributed by atoms with Crippen molar-refractivity contribution in [3.8, 4) is 5.75 Å². The van der Waals surface area contributed by atoms with Crippen molar-refractivity contribution in [1.82, 2.24) is 0 Å². The molecule has 0 spiro atoms. The molecule has 1 heteroatoms. The van der Waals surface area contributed by atoms with Crippen LogP contribution in [0.15, 0.2) is 18.2 Å². The summed E-state index contributed by atoms with van der Waals surface area (Å²) in [6.07, 6.45) is 0. The number of hydrogen-bond acceptors (Lipinski definition) is 1. The summed E-state index contributed by atoms with van der Waals surface area (Å²) in [6.45, 7) is 13.2. The van der Waals surface area contributed by atoms with Crippen LogP contribution in [-0.2, 0) is 10.8 Å². The molecule has 16 heavy (non-hydrogen) atoms. The summed E-state index contributed by atoms with van der Waals surface area (Å²) < 4.78 is 5.19. The lowest BCUT2D eigenvalue weighted by atomic mass is 9.80. The summed E-state index contributed by atoms with van der Waals surface area (Å²) in [5, 5.41) is 0. The first-order chi connectivity index (χ1) is 7.16. The average molecular weight is 219 g/mol. The summed E-state index contributed by atoms with van der Waals surface area (Å²) in [5.41, 5.74) is 2.79. The van der Waals surface area contributed by atoms with Gasteiger partial charge in [0.15, 0.2) is 0 Å². The predicted molar refractivity (Wildman–Crippen MR) is 69.8 cm³/mol. The molecule has 0 aromatic heterocycles. The van der Waals surface area contributed by atoms with Gasteiger partial charge >= 0.3 is 0 Å². The zero-order valence-electron chi connectivity index (χ0n) is 11.3. The van der Waals surface area contributed by atoms with Crippen molar-refractivity contribution in [2.45, 2.75) is 52.4 Å². The van der Waals surface area contributed by atoms with E-state index in [-0.39, 0.29) is 10.8 Å². The fourth-order valence-electron chi connectivity index (χ4n) is 1.71. The van der Waals surface area contributed by atoms with Gasteiger partial charge in [0.1, 0.15) is 12.9 Å². The second-order valence-electron chi connectivity index (χ2n) is 6.36. The third kappa shape index (κ3) is 2.78. The molecule has 1 nitrogen and oxygen atoms in total. The van der Waals surface area contributed by atoms with Gasteiger partial charge in [-0.05, 0) is 28.0 Å². The van der Waals surface area contributed by atoms with E-state index >= 15 is 0 Å². The Balaban J connectivity index is 3.34. The lowest BCUT2D eigenvalue weighted by molar-refractivity contribution is 0.445. The van der Waals surface area contributed by atoms with E-state index < -0.39 is 0 Å². The van der Waals surface area contributed by atoms with Crippen molar-refractivity contribution in [3.63, 3.8) is 0 Å². The van der Waals surface area contributed by atoms with Crippen molar-refractivity contribution in [2.24, 2.45) is 0 Å². The first kappa shape index (κ1) is 13.1. The van der Waals surface area contributed by atoms with Gasteiger partial charge in [-0.25, -0.2) is 0 Å². The Bertz CT molecular complexity index is 364. The predicted octanol–water partition coefficient (Wildman–Crippen LogP) is 4.45. The number of ether oxygens (including phenoxy) is 1. The molecule has 1 rings (SSSR count). The van der Waals surface area contributed by atoms with Crippen molar-refractivity contribution in [2.75, 3.05) is 0 Å². The molecule has 89 valence electrons. The van der Waals surface area contributed by atoms with E-state index in [1.807, 2.05) is 6.07 Å². The molecule has 0 unspecified atom stereocenters. The highest BCUT2D eigenvalue weighted by Crippen LogP contribution is 2.35. The van der Waals surface area contributed by atoms with Crippen LogP contribution in [0.5, 0.6) is 5.75 Å². The van der Waals surface area contributed by atoms with Crippen LogP contribution in [0.4, 0.5) is 0 Å². The van der Waals surface area contributed by atoms with Gasteiger partial charge in [-0.2, -0.15) is 0 Å². The molecule has 1 aromatic carbocycles. The van der Waals surface area contributed by atoms with Crippen LogP contribution in [0, 0.1) is 7.11 Å². The van der Waals surface area contributed by atoms with Crippen LogP contribution >= 0.6 is 0 Å². The molecular formula is C15H23O. The van der Waals surface area contributed by atoms with Crippen LogP contribution in [0.1, 0.15) is 52.7 Å². The van der Waals surface area contributed by atoms with E-state index in [0.717, 1.165) is 5.75 Å². The SMILES string of the molecule is [CH2]Oc1ccc(C(C)(C)C)cc1C(C)(C)C. The maximum Gasteiger partial charge on any atom is 0.123 e. The summed E-state index contributed by atoms with van der Waals surface area (Å²) in [7, 11) is 3.52. The molecular weight excluding hydrogens is 196 g/mol. The molecule has 1 aromatic rings. The molecule has 0 saturated heterocycles. The summed E-state index contributed by atoms with van der Waals surface area (Å²) in [6, 6.07) is 6.38. The van der Waals surface area contributed by atoms with Gasteiger partial charge in [0.05, 0.1) is 0 Å². The number of hydrogen-bond donors (Lipinski definition) is 0. The van der Waals surface area contributed by atoms with Gasteiger partial charge < -0.3 is 4.74 Å². The monoisotopic (exact) mass is 219 g/mol. The van der Waals surface area contributed by atoms with E-state index in [1.54, 1.807) is 0 Å². The van der Waals surface area contributed by atoms with Gasteiger partial charge in [-0.1, -0.05) is 53.7 Å². The highest BCUT2D eigenvalue weighted by Gasteiger charge is 2.22. The maximum atomic E-state index is 5.19. The van der Waals surface area contributed by atoms with Crippen LogP contribution in [0.2, 0.25) is 0 Å². The van der Waals surface area contributed by atoms with E-state index in [9.17, 15) is 0 Å². The molecule has 1 radical (unpaired) electrons. The van der Waals surface area contributed by atoms with Gasteiger partial charge in [0, 0.05) is 0 Å². The number of rotatable bonds is 1. The highest BCUT2D eigenvalue weighted by molar-refractivity contribution is 5.43. The molecule has 0 heterocycles. The molecule has 0 fully saturated rings. The molecule has 0 saturated carbocycles. The lowest BCUT2D eigenvalue weighted by Crippen LogP contribution is -2.17. The minimum absolute atomic E-state index is 0.0777. The Morgan fingerprint density at radius 3 is 1.88 bits per heavy atom. The van der Waals surface area contributed by atoms with Crippen molar-refractivity contribution in [1.29, 1.82) is 0 Å². The van der Waals surface area contributed by atoms with Gasteiger partial charge in [0.25, 0.3) is 0 Å². The van der Waals surface area contributed by atoms with Gasteiger partial charge in [0.2, 0.25) is 0 Å². The van der Waals surface area contributed by atoms with E-state index in [2.05, 4.69) is 60.8 Å². The Morgan fingerprint density at radius 1 is 0.938 bits per heavy atom. The fraction of sp³-hybridized carbons (Fsp3) is 0.533. The molecule has 0 N–H and O–H groups in total. The topological polar surface area (TPSA) is 9.23 Å². The minimum atomic E-state index is 0.0777. The Labute approximate surface area is 99.8 Å². The standard InChI is InChI=1S/C15H23O/c1-14(2,3)11-8-9-13(16-7)12(10-11)15(4,5)6/h8-10H,7H2,1-6H3. The Morgan fingerprint density at radius 2 is 1.50 bits per heavy atom. The van der Waals surface area contributed by atoms with Crippen LogP contribution < -0.4 is 4.74 Å². The van der Waals surface area contributed by atoms with Crippen molar-refractivity contribution in [3.05, 3.63) is 36.4 Å². The van der Waals surface area contributed by atoms with Crippen LogP contribution in [0.3, 0.4) is 0 Å². The van der Waals surface area contributed by atoms with Crippen LogP contribution in [0.25, 0.3) is 0 Å². The quantitative estimate of drug-likeness (QED) is 0.678. The minimum Gasteiger partial charge on any atom is -0.490 e. The fourth-order valence-corrected chi connectivity index (χ4v) is 1.71. The summed E-state index contributed by atoms with van der Waals surface area (Å²) >= 11 is 0. The van der Waals surface area contributed by atoms with Crippen molar-refractivity contribution < 1.29 is 4.74 Å². The maximum absolute atomic E-state index is 5.19. The van der Waals surface area contributed by atoms with E-state index in [0.29, 0.717) is 0 Å². The average Bonchev–Trinajstić information content (AvgIpc) is 2.14. The molecule has 0 aliphatic heterocycles. The third-order valence-electron chi connectivity index (χ3n) is 2.81. The van der Waals surface area contributed by atoms with Gasteiger partial charge in [-0.3, -0.25) is 0 Å². The van der Waals surface area contributed by atoms with E-state index in [4.69, 9.17) is 4.74 Å². The first-order valence-corrected chi connectivity index (χ1v) is 5.73. The van der Waals surface area contributed by atoms with Crippen LogP contribution in [-0.4, -0.2) is 0 Å². The second kappa shape index (κ2) is 4.12. The van der Waals surface area contributed by atoms with Crippen molar-refractivity contribution >= 4 is 0 Å². The lowest BCUT2D eigenvalue weighted by Gasteiger charge is -2.26. The molecule has 0 atom stereocenters. The normalized spacial score (nSPS) is 12.7. The third-order valence-corrected chi connectivity index (χ3v) is 2.81. The summed E-state index contributed by atoms with van der Waals surface area (Å²) in [4.78, 5) is 0. The van der Waals surface area contributed by atoms with Gasteiger partial charge in [-0.15, -0.1) is 0 Å². The largest absolute Gasteiger partial charge is 0.490 e. The number of benzene rings is 1. The molecule has 0 amide bonds. The first-order valence-electron chi connectivity index (χ1n) is 5.73. The zero-order chi connectivity index (χ0) is 12.6. The van der Waals surface area contributed by atoms with E-state index in [1.165, 1.54) is 11.1 Å². The second-order valence-corrected chi connectivity index (χ2v) is 6.36. The molecule has 0 aliphatic carbocycles. The smallest absolute Gasteiger partial charge is 0.123 e.